The van der Waals surface area contributed by atoms with Crippen LogP contribution in [0.5, 0.6) is 0 Å². The van der Waals surface area contributed by atoms with Gasteiger partial charge >= 0.3 is 0 Å². The van der Waals surface area contributed by atoms with Gasteiger partial charge in [-0.25, -0.2) is 0 Å². The summed E-state index contributed by atoms with van der Waals surface area (Å²) >= 11 is 0. The molecule has 4 aromatic carbocycles. The summed E-state index contributed by atoms with van der Waals surface area (Å²) in [6.45, 7) is 0. The van der Waals surface area contributed by atoms with E-state index in [9.17, 15) is 5.26 Å². The van der Waals surface area contributed by atoms with Crippen LogP contribution in [0.25, 0.3) is 55.4 Å². The number of benzene rings is 4. The van der Waals surface area contributed by atoms with E-state index in [0.717, 1.165) is 55.4 Å². The minimum absolute atomic E-state index is 0.591. The molecule has 6 rings (SSSR count). The molecule has 0 N–H and O–H groups in total. The van der Waals surface area contributed by atoms with Crippen LogP contribution in [0.2, 0.25) is 0 Å². The van der Waals surface area contributed by atoms with Crippen molar-refractivity contribution in [1.29, 1.82) is 5.26 Å². The van der Waals surface area contributed by atoms with Crippen LogP contribution in [-0.4, -0.2) is 4.98 Å². The second-order valence-electron chi connectivity index (χ2n) is 7.92. The zero-order valence-corrected chi connectivity index (χ0v) is 17.7. The van der Waals surface area contributed by atoms with Gasteiger partial charge in [-0.05, 0) is 47.0 Å². The maximum atomic E-state index is 9.88. The minimum Gasteiger partial charge on any atom is -0.455 e. The van der Waals surface area contributed by atoms with E-state index in [0.29, 0.717) is 5.56 Å². The first-order valence-electron chi connectivity index (χ1n) is 10.8. The van der Waals surface area contributed by atoms with Crippen LogP contribution in [0, 0.1) is 11.3 Å². The van der Waals surface area contributed by atoms with Crippen molar-refractivity contribution in [3.05, 3.63) is 115 Å². The fourth-order valence-corrected chi connectivity index (χ4v) is 4.43. The Kier molecular flexibility index (Phi) is 4.49. The molecular formula is C30H18N2O. The van der Waals surface area contributed by atoms with E-state index in [-0.39, 0.29) is 0 Å². The summed E-state index contributed by atoms with van der Waals surface area (Å²) in [5, 5.41) is 11.9. The van der Waals surface area contributed by atoms with Gasteiger partial charge in [0.2, 0.25) is 0 Å². The first-order valence-corrected chi connectivity index (χ1v) is 10.8. The second-order valence-corrected chi connectivity index (χ2v) is 7.92. The predicted octanol–water partition coefficient (Wildman–Crippen LogP) is 7.85. The van der Waals surface area contributed by atoms with E-state index in [4.69, 9.17) is 4.42 Å². The average Bonchev–Trinajstić information content (AvgIpc) is 3.28. The van der Waals surface area contributed by atoms with E-state index in [2.05, 4.69) is 53.5 Å². The standard InChI is InChI=1S/C30H18N2O/c31-19-23-16-17-25-24-9-6-10-26(27-11-4-5-18-32-27)29(24)33-30(25)28(23)22-14-12-21(13-15-22)20-7-2-1-3-8-20/h1-18H. The molecular weight excluding hydrogens is 404 g/mol. The third-order valence-corrected chi connectivity index (χ3v) is 6.01. The molecule has 3 heteroatoms. The average molecular weight is 422 g/mol. The number of nitriles is 1. The van der Waals surface area contributed by atoms with Gasteiger partial charge in [-0.1, -0.05) is 72.8 Å². The largest absolute Gasteiger partial charge is 0.455 e. The van der Waals surface area contributed by atoms with E-state index >= 15 is 0 Å². The Morgan fingerprint density at radius 1 is 0.606 bits per heavy atom. The molecule has 0 unspecified atom stereocenters. The van der Waals surface area contributed by atoms with Crippen LogP contribution in [-0.2, 0) is 0 Å². The Bertz CT molecular complexity index is 1640. The molecule has 33 heavy (non-hydrogen) atoms. The van der Waals surface area contributed by atoms with Crippen LogP contribution in [0.4, 0.5) is 0 Å². The fourth-order valence-electron chi connectivity index (χ4n) is 4.43. The van der Waals surface area contributed by atoms with Crippen LogP contribution in [0.15, 0.2) is 114 Å². The molecule has 0 spiro atoms. The van der Waals surface area contributed by atoms with Crippen molar-refractivity contribution in [3.8, 4) is 39.6 Å². The summed E-state index contributed by atoms with van der Waals surface area (Å²) in [4.78, 5) is 4.51. The molecule has 2 heterocycles. The summed E-state index contributed by atoms with van der Waals surface area (Å²) in [5.74, 6) is 0. The van der Waals surface area contributed by atoms with Crippen molar-refractivity contribution in [3.63, 3.8) is 0 Å². The second kappa shape index (κ2) is 7.78. The summed E-state index contributed by atoms with van der Waals surface area (Å²) in [6.07, 6.45) is 1.78. The van der Waals surface area contributed by atoms with Crippen molar-refractivity contribution in [2.75, 3.05) is 0 Å². The van der Waals surface area contributed by atoms with E-state index in [1.165, 1.54) is 0 Å². The van der Waals surface area contributed by atoms with Gasteiger partial charge in [-0.2, -0.15) is 5.26 Å². The number of pyridine rings is 1. The molecule has 6 aromatic rings. The zero-order valence-electron chi connectivity index (χ0n) is 17.7. The van der Waals surface area contributed by atoms with Gasteiger partial charge in [-0.15, -0.1) is 0 Å². The van der Waals surface area contributed by atoms with Gasteiger partial charge in [0.25, 0.3) is 0 Å². The lowest BCUT2D eigenvalue weighted by molar-refractivity contribution is 0.670. The molecule has 0 fully saturated rings. The number of fused-ring (bicyclic) bond motifs is 3. The number of nitrogens with zero attached hydrogens (tertiary/aromatic N) is 2. The number of furan rings is 1. The Balaban J connectivity index is 1.58. The molecule has 154 valence electrons. The quantitative estimate of drug-likeness (QED) is 0.292. The van der Waals surface area contributed by atoms with E-state index in [1.54, 1.807) is 6.20 Å². The highest BCUT2D eigenvalue weighted by Gasteiger charge is 2.18. The van der Waals surface area contributed by atoms with Gasteiger partial charge in [0.1, 0.15) is 11.2 Å². The molecule has 0 aliphatic carbocycles. The van der Waals surface area contributed by atoms with Gasteiger partial charge in [0.05, 0.1) is 17.3 Å². The van der Waals surface area contributed by atoms with Crippen molar-refractivity contribution in [1.82, 2.24) is 4.98 Å². The third-order valence-electron chi connectivity index (χ3n) is 6.01. The molecule has 0 saturated carbocycles. The van der Waals surface area contributed by atoms with E-state index in [1.807, 2.05) is 60.7 Å². The maximum Gasteiger partial charge on any atom is 0.144 e. The molecule has 2 aromatic heterocycles. The Morgan fingerprint density at radius 3 is 2.09 bits per heavy atom. The van der Waals surface area contributed by atoms with Crippen molar-refractivity contribution >= 4 is 21.9 Å². The molecule has 0 aliphatic rings. The highest BCUT2D eigenvalue weighted by atomic mass is 16.3. The van der Waals surface area contributed by atoms with Crippen molar-refractivity contribution in [2.45, 2.75) is 0 Å². The molecule has 0 bridgehead atoms. The lowest BCUT2D eigenvalue weighted by Gasteiger charge is -2.07. The lowest BCUT2D eigenvalue weighted by atomic mass is 9.95. The topological polar surface area (TPSA) is 49.8 Å². The summed E-state index contributed by atoms with van der Waals surface area (Å²) in [5.41, 5.74) is 7.95. The van der Waals surface area contributed by atoms with Gasteiger partial charge in [0, 0.05) is 28.1 Å². The SMILES string of the molecule is N#Cc1ccc2c(oc3c(-c4ccccn4)cccc32)c1-c1ccc(-c2ccccc2)cc1. The molecule has 0 amide bonds. The molecule has 0 aliphatic heterocycles. The molecule has 3 nitrogen and oxygen atoms in total. The Morgan fingerprint density at radius 2 is 1.33 bits per heavy atom. The normalized spacial score (nSPS) is 11.0. The summed E-state index contributed by atoms with van der Waals surface area (Å²) in [6, 6.07) is 36.7. The number of rotatable bonds is 3. The highest BCUT2D eigenvalue weighted by molar-refractivity contribution is 6.13. The van der Waals surface area contributed by atoms with Gasteiger partial charge in [-0.3, -0.25) is 4.98 Å². The molecule has 0 radical (unpaired) electrons. The minimum atomic E-state index is 0.591. The Hall–Kier alpha value is -4.68. The van der Waals surface area contributed by atoms with Crippen LogP contribution < -0.4 is 0 Å². The third kappa shape index (κ3) is 3.17. The van der Waals surface area contributed by atoms with Crippen LogP contribution >= 0.6 is 0 Å². The van der Waals surface area contributed by atoms with Gasteiger partial charge < -0.3 is 4.42 Å². The zero-order chi connectivity index (χ0) is 22.2. The molecule has 0 atom stereocenters. The predicted molar refractivity (Wildman–Crippen MR) is 133 cm³/mol. The Labute approximate surface area is 191 Å². The van der Waals surface area contributed by atoms with Crippen molar-refractivity contribution < 1.29 is 4.42 Å². The number of hydrogen-bond donors (Lipinski definition) is 0. The van der Waals surface area contributed by atoms with Gasteiger partial charge in [0.15, 0.2) is 0 Å². The highest BCUT2D eigenvalue weighted by Crippen LogP contribution is 2.41. The summed E-state index contributed by atoms with van der Waals surface area (Å²) < 4.78 is 6.49. The van der Waals surface area contributed by atoms with Crippen molar-refractivity contribution in [2.24, 2.45) is 0 Å². The smallest absolute Gasteiger partial charge is 0.144 e. The first kappa shape index (κ1) is 19.0. The first-order chi connectivity index (χ1) is 16.3. The number of aromatic nitrogens is 1. The monoisotopic (exact) mass is 422 g/mol. The number of para-hydroxylation sites is 1. The summed E-state index contributed by atoms with van der Waals surface area (Å²) in [7, 11) is 0. The van der Waals surface area contributed by atoms with Crippen LogP contribution in [0.3, 0.4) is 0 Å². The lowest BCUT2D eigenvalue weighted by Crippen LogP contribution is -1.86. The fraction of sp³-hybridized carbons (Fsp3) is 0. The number of hydrogen-bond acceptors (Lipinski definition) is 3. The molecule has 0 saturated heterocycles. The maximum absolute atomic E-state index is 9.88. The van der Waals surface area contributed by atoms with Crippen LogP contribution in [0.1, 0.15) is 5.56 Å². The van der Waals surface area contributed by atoms with E-state index < -0.39 is 0 Å².